The maximum Gasteiger partial charge on any atom is 0.436 e. The van der Waals surface area contributed by atoms with Crippen LogP contribution in [0.25, 0.3) is 0 Å². The van der Waals surface area contributed by atoms with E-state index in [1.807, 2.05) is 19.1 Å². The smallest absolute Gasteiger partial charge is 0.418 e. The van der Waals surface area contributed by atoms with Gasteiger partial charge in [0, 0.05) is 0 Å². The van der Waals surface area contributed by atoms with Gasteiger partial charge in [0.25, 0.3) is 0 Å². The molecule has 0 saturated carbocycles. The average molecular weight is 312 g/mol. The predicted molar refractivity (Wildman–Crippen MR) is 60.3 cm³/mol. The van der Waals surface area contributed by atoms with Gasteiger partial charge < -0.3 is 9.42 Å². The third-order valence-corrected chi connectivity index (χ3v) is 2.58. The first-order chi connectivity index (χ1) is 6.01. The number of aryl methyl sites for hydroxylation is 1. The van der Waals surface area contributed by atoms with Gasteiger partial charge in [-0.15, -0.1) is 0 Å². The summed E-state index contributed by atoms with van der Waals surface area (Å²) in [6.45, 7) is 2.05. The van der Waals surface area contributed by atoms with E-state index in [9.17, 15) is 4.57 Å². The molecule has 3 nitrogen and oxygen atoms in total. The molecular formula is C8H10IO3P. The molecule has 0 saturated heterocycles. The topological polar surface area (TPSA) is 46.5 Å². The second-order valence-corrected chi connectivity index (χ2v) is 7.28. The van der Waals surface area contributed by atoms with E-state index in [2.05, 4.69) is 0 Å². The molecule has 0 aliphatic carbocycles. The Morgan fingerprint density at radius 1 is 1.46 bits per heavy atom. The summed E-state index contributed by atoms with van der Waals surface area (Å²) in [5.41, 5.74) is 1.17. The zero-order valence-corrected chi connectivity index (χ0v) is 10.2. The Morgan fingerprint density at radius 2 is 2.00 bits per heavy atom. The van der Waals surface area contributed by atoms with E-state index in [0.717, 1.165) is 6.42 Å². The van der Waals surface area contributed by atoms with Crippen LogP contribution in [0.4, 0.5) is 0 Å². The standard InChI is InChI=1S/C8H10IO3P/c1-2-7-3-5-8(6-4-7)12-13(9,10)11/h3-6H,2H2,1H3,(H,10,11). The van der Waals surface area contributed by atoms with Crippen LogP contribution in [0.3, 0.4) is 0 Å². The molecule has 0 aromatic heterocycles. The van der Waals surface area contributed by atoms with Crippen molar-refractivity contribution in [2.24, 2.45) is 0 Å². The van der Waals surface area contributed by atoms with Crippen LogP contribution in [0.1, 0.15) is 12.5 Å². The molecule has 1 atom stereocenters. The van der Waals surface area contributed by atoms with Crippen molar-refractivity contribution >= 4 is 27.3 Å². The summed E-state index contributed by atoms with van der Waals surface area (Å²) >= 11 is 1.39. The summed E-state index contributed by atoms with van der Waals surface area (Å²) in [6.07, 6.45) is 0.946. The van der Waals surface area contributed by atoms with Crippen molar-refractivity contribution in [3.8, 4) is 5.75 Å². The number of benzene rings is 1. The lowest BCUT2D eigenvalue weighted by Gasteiger charge is -2.06. The highest BCUT2D eigenvalue weighted by Gasteiger charge is 2.13. The van der Waals surface area contributed by atoms with Crippen LogP contribution in [0.15, 0.2) is 24.3 Å². The first-order valence-corrected chi connectivity index (χ1v) is 8.18. The zero-order chi connectivity index (χ0) is 9.90. The van der Waals surface area contributed by atoms with E-state index in [1.165, 1.54) is 27.6 Å². The monoisotopic (exact) mass is 312 g/mol. The Labute approximate surface area is 90.1 Å². The van der Waals surface area contributed by atoms with Gasteiger partial charge >= 0.3 is 5.24 Å². The van der Waals surface area contributed by atoms with Gasteiger partial charge in [-0.3, -0.25) is 0 Å². The van der Waals surface area contributed by atoms with Gasteiger partial charge in [0.1, 0.15) is 5.75 Å². The van der Waals surface area contributed by atoms with Gasteiger partial charge in [-0.05, 0) is 24.1 Å². The summed E-state index contributed by atoms with van der Waals surface area (Å²) in [4.78, 5) is 8.92. The maximum absolute atomic E-state index is 10.9. The predicted octanol–water partition coefficient (Wildman–Crippen LogP) is 3.16. The van der Waals surface area contributed by atoms with Gasteiger partial charge in [0.15, 0.2) is 0 Å². The highest BCUT2D eigenvalue weighted by molar-refractivity contribution is 14.2. The molecule has 0 fully saturated rings. The second-order valence-electron chi connectivity index (χ2n) is 2.54. The molecule has 0 aliphatic rings. The zero-order valence-electron chi connectivity index (χ0n) is 7.11. The number of hydrogen-bond acceptors (Lipinski definition) is 2. The van der Waals surface area contributed by atoms with Crippen LogP contribution in [-0.4, -0.2) is 4.89 Å². The van der Waals surface area contributed by atoms with Crippen LogP contribution in [0.5, 0.6) is 5.75 Å². The summed E-state index contributed by atoms with van der Waals surface area (Å²) in [5.74, 6) is 0.428. The second kappa shape index (κ2) is 4.44. The normalized spacial score (nSPS) is 15.0. The fourth-order valence-electron chi connectivity index (χ4n) is 0.916. The summed E-state index contributed by atoms with van der Waals surface area (Å²) in [7, 11) is 0. The van der Waals surface area contributed by atoms with E-state index < -0.39 is 5.24 Å². The Balaban J connectivity index is 2.76. The van der Waals surface area contributed by atoms with Crippen molar-refractivity contribution in [2.45, 2.75) is 13.3 Å². The number of hydrogen-bond donors (Lipinski definition) is 1. The fourth-order valence-corrected chi connectivity index (χ4v) is 1.98. The Kier molecular flexibility index (Phi) is 3.76. The van der Waals surface area contributed by atoms with Crippen LogP contribution in [-0.2, 0) is 11.0 Å². The summed E-state index contributed by atoms with van der Waals surface area (Å²) in [5, 5.41) is -3.44. The number of halogens is 1. The van der Waals surface area contributed by atoms with Crippen LogP contribution in [0.2, 0.25) is 0 Å². The van der Waals surface area contributed by atoms with Crippen LogP contribution < -0.4 is 4.52 Å². The van der Waals surface area contributed by atoms with Crippen molar-refractivity contribution < 1.29 is 14.0 Å². The van der Waals surface area contributed by atoms with Crippen molar-refractivity contribution in [1.82, 2.24) is 0 Å². The van der Waals surface area contributed by atoms with Crippen LogP contribution >= 0.6 is 27.3 Å². The molecule has 1 rings (SSSR count). The quantitative estimate of drug-likeness (QED) is 0.689. The molecule has 0 radical (unpaired) electrons. The van der Waals surface area contributed by atoms with E-state index in [0.29, 0.717) is 5.75 Å². The van der Waals surface area contributed by atoms with Gasteiger partial charge in [-0.2, -0.15) is 0 Å². The SMILES string of the molecule is CCc1ccc(OP(=O)(O)I)cc1. The van der Waals surface area contributed by atoms with E-state index in [-0.39, 0.29) is 0 Å². The minimum Gasteiger partial charge on any atom is -0.418 e. The molecule has 5 heteroatoms. The van der Waals surface area contributed by atoms with Gasteiger partial charge in [0.2, 0.25) is 0 Å². The first-order valence-electron chi connectivity index (χ1n) is 3.82. The van der Waals surface area contributed by atoms with Gasteiger partial charge in [0.05, 0.1) is 22.0 Å². The minimum atomic E-state index is -3.44. The molecule has 72 valence electrons. The van der Waals surface area contributed by atoms with Crippen molar-refractivity contribution in [3.63, 3.8) is 0 Å². The molecule has 1 unspecified atom stereocenters. The van der Waals surface area contributed by atoms with Gasteiger partial charge in [-0.1, -0.05) is 19.1 Å². The lowest BCUT2D eigenvalue weighted by Crippen LogP contribution is -1.85. The molecule has 13 heavy (non-hydrogen) atoms. The highest BCUT2D eigenvalue weighted by Crippen LogP contribution is 2.50. The molecule has 0 spiro atoms. The molecule has 1 aromatic carbocycles. The molecule has 1 N–H and O–H groups in total. The summed E-state index contributed by atoms with van der Waals surface area (Å²) in [6, 6.07) is 7.14. The van der Waals surface area contributed by atoms with Crippen LogP contribution in [0, 0.1) is 0 Å². The number of rotatable bonds is 3. The largest absolute Gasteiger partial charge is 0.436 e. The molecular weight excluding hydrogens is 302 g/mol. The third-order valence-electron chi connectivity index (χ3n) is 1.55. The Morgan fingerprint density at radius 3 is 2.38 bits per heavy atom. The van der Waals surface area contributed by atoms with E-state index in [4.69, 9.17) is 9.42 Å². The van der Waals surface area contributed by atoms with Crippen molar-refractivity contribution in [2.75, 3.05) is 0 Å². The molecule has 1 aromatic rings. The van der Waals surface area contributed by atoms with Crippen molar-refractivity contribution in [3.05, 3.63) is 29.8 Å². The van der Waals surface area contributed by atoms with E-state index >= 15 is 0 Å². The van der Waals surface area contributed by atoms with Crippen molar-refractivity contribution in [1.29, 1.82) is 0 Å². The first kappa shape index (κ1) is 11.0. The lowest BCUT2D eigenvalue weighted by molar-refractivity contribution is 0.406. The molecule has 0 amide bonds. The molecule has 0 aliphatic heterocycles. The molecule has 0 heterocycles. The average Bonchev–Trinajstić information content (AvgIpc) is 2.03. The minimum absolute atomic E-state index is 0.428. The van der Waals surface area contributed by atoms with E-state index in [1.54, 1.807) is 12.1 Å². The third kappa shape index (κ3) is 4.11. The summed E-state index contributed by atoms with van der Waals surface area (Å²) < 4.78 is 15.7. The Hall–Kier alpha value is -0.0600. The maximum atomic E-state index is 10.9. The fraction of sp³-hybridized carbons (Fsp3) is 0.250. The highest BCUT2D eigenvalue weighted by atomic mass is 127. The molecule has 0 bridgehead atoms. The Bertz CT molecular complexity index is 317. The lowest BCUT2D eigenvalue weighted by atomic mass is 10.2. The van der Waals surface area contributed by atoms with Gasteiger partial charge in [-0.25, -0.2) is 4.57 Å².